The molecule has 7 nitrogen and oxygen atoms in total. The van der Waals surface area contributed by atoms with Crippen molar-refractivity contribution in [1.29, 1.82) is 0 Å². The van der Waals surface area contributed by atoms with Crippen LogP contribution in [0.5, 0.6) is 0 Å². The van der Waals surface area contributed by atoms with Crippen LogP contribution in [0.1, 0.15) is 38.7 Å². The zero-order valence-electron chi connectivity index (χ0n) is 17.4. The minimum atomic E-state index is -0.889. The summed E-state index contributed by atoms with van der Waals surface area (Å²) in [7, 11) is 2.64. The summed E-state index contributed by atoms with van der Waals surface area (Å²) in [5.74, 6) is -2.54. The Labute approximate surface area is 198 Å². The van der Waals surface area contributed by atoms with Crippen molar-refractivity contribution in [2.24, 2.45) is 0 Å². The number of ether oxygens (including phenoxy) is 2. The van der Waals surface area contributed by atoms with Gasteiger partial charge in [-0.2, -0.15) is 12.6 Å². The second-order valence-electron chi connectivity index (χ2n) is 5.83. The van der Waals surface area contributed by atoms with Crippen LogP contribution in [0.4, 0.5) is 13.2 Å². The normalized spacial score (nSPS) is 9.45. The van der Waals surface area contributed by atoms with Crippen LogP contribution in [0.25, 0.3) is 10.2 Å². The number of carbonyl (C=O) groups excluding carboxylic acids is 3. The highest BCUT2D eigenvalue weighted by Crippen LogP contribution is 2.28. The van der Waals surface area contributed by atoms with E-state index in [0.717, 1.165) is 12.4 Å². The van der Waals surface area contributed by atoms with Gasteiger partial charge in [-0.25, -0.2) is 22.9 Å². The number of pyridine rings is 2. The molecule has 0 saturated heterocycles. The SMILES string of the molecule is C.COC(=O)CS.COC(=O)c1cc2ncc(F)c(C)c2s1.Cc1c(F)cnc(C=O)c1F. The van der Waals surface area contributed by atoms with Gasteiger partial charge in [0.15, 0.2) is 12.1 Å². The number of fused-ring (bicyclic) bond motifs is 1. The number of thiophene rings is 1. The summed E-state index contributed by atoms with van der Waals surface area (Å²) in [5, 5.41) is 0. The molecule has 0 N–H and O–H groups in total. The summed E-state index contributed by atoms with van der Waals surface area (Å²) >= 11 is 4.81. The molecule has 0 unspecified atom stereocenters. The second-order valence-corrected chi connectivity index (χ2v) is 7.20. The Morgan fingerprint density at radius 1 is 1.06 bits per heavy atom. The predicted molar refractivity (Wildman–Crippen MR) is 123 cm³/mol. The molecule has 0 atom stereocenters. The van der Waals surface area contributed by atoms with Gasteiger partial charge in [0.1, 0.15) is 22.2 Å². The van der Waals surface area contributed by atoms with Gasteiger partial charge >= 0.3 is 11.9 Å². The minimum Gasteiger partial charge on any atom is -0.468 e. The van der Waals surface area contributed by atoms with Gasteiger partial charge < -0.3 is 9.47 Å². The summed E-state index contributed by atoms with van der Waals surface area (Å²) in [5.41, 5.74) is 0.602. The van der Waals surface area contributed by atoms with E-state index in [2.05, 4.69) is 32.1 Å². The lowest BCUT2D eigenvalue weighted by molar-refractivity contribution is -0.137. The van der Waals surface area contributed by atoms with Crippen molar-refractivity contribution >= 4 is 52.4 Å². The highest BCUT2D eigenvalue weighted by Gasteiger charge is 2.14. The number of hydrogen-bond donors (Lipinski definition) is 1. The molecule has 0 aromatic carbocycles. The third kappa shape index (κ3) is 8.13. The van der Waals surface area contributed by atoms with Crippen LogP contribution < -0.4 is 0 Å². The number of halogens is 3. The molecule has 3 rings (SSSR count). The summed E-state index contributed by atoms with van der Waals surface area (Å²) in [6, 6.07) is 1.61. The van der Waals surface area contributed by atoms with Crippen molar-refractivity contribution < 1.29 is 37.0 Å². The number of esters is 2. The predicted octanol–water partition coefficient (Wildman–Crippen LogP) is 4.74. The Balaban J connectivity index is 0.000000504. The number of carbonyl (C=O) groups is 3. The fourth-order valence-corrected chi connectivity index (χ4v) is 3.16. The molecule has 0 spiro atoms. The first-order valence-corrected chi connectivity index (χ1v) is 10.1. The molecule has 0 amide bonds. The van der Waals surface area contributed by atoms with Crippen molar-refractivity contribution in [3.63, 3.8) is 0 Å². The van der Waals surface area contributed by atoms with Gasteiger partial charge in [-0.05, 0) is 19.9 Å². The lowest BCUT2D eigenvalue weighted by atomic mass is 10.2. The Morgan fingerprint density at radius 2 is 1.64 bits per heavy atom. The van der Waals surface area contributed by atoms with Crippen LogP contribution >= 0.6 is 24.0 Å². The molecule has 3 aromatic heterocycles. The summed E-state index contributed by atoms with van der Waals surface area (Å²) in [6.07, 6.45) is 2.23. The number of aromatic nitrogens is 2. The van der Waals surface area contributed by atoms with Gasteiger partial charge in [0, 0.05) is 11.1 Å². The number of methoxy groups -OCH3 is 2. The third-order valence-electron chi connectivity index (χ3n) is 3.81. The Hall–Kier alpha value is -2.99. The lowest BCUT2D eigenvalue weighted by Crippen LogP contribution is -1.99. The van der Waals surface area contributed by atoms with Crippen molar-refractivity contribution in [2.75, 3.05) is 20.0 Å². The van der Waals surface area contributed by atoms with Crippen LogP contribution in [-0.2, 0) is 14.3 Å². The maximum absolute atomic E-state index is 13.2. The molecule has 3 aromatic rings. The molecule has 0 aliphatic rings. The Kier molecular flexibility index (Phi) is 12.9. The first-order chi connectivity index (χ1) is 15.1. The van der Waals surface area contributed by atoms with E-state index in [1.165, 1.54) is 32.5 Å². The fraction of sp³-hybridized carbons (Fsp3) is 0.286. The quantitative estimate of drug-likeness (QED) is 0.313. The molecule has 12 heteroatoms. The van der Waals surface area contributed by atoms with Crippen LogP contribution in [0.15, 0.2) is 18.5 Å². The zero-order valence-corrected chi connectivity index (χ0v) is 19.2. The maximum atomic E-state index is 13.2. The van der Waals surface area contributed by atoms with Gasteiger partial charge in [-0.15, -0.1) is 11.3 Å². The molecule has 0 aliphatic carbocycles. The molecule has 180 valence electrons. The molecule has 0 aliphatic heterocycles. The maximum Gasteiger partial charge on any atom is 0.348 e. The molecule has 0 fully saturated rings. The fourth-order valence-electron chi connectivity index (χ4n) is 2.00. The number of aryl methyl sites for hydroxylation is 1. The monoisotopic (exact) mass is 504 g/mol. The van der Waals surface area contributed by atoms with Crippen LogP contribution in [0.2, 0.25) is 0 Å². The average molecular weight is 505 g/mol. The van der Waals surface area contributed by atoms with Gasteiger partial charge in [0.25, 0.3) is 0 Å². The number of rotatable bonds is 3. The zero-order chi connectivity index (χ0) is 24.4. The second kappa shape index (κ2) is 14.2. The van der Waals surface area contributed by atoms with Crippen LogP contribution in [-0.4, -0.2) is 48.2 Å². The number of aldehydes is 1. The molecule has 3 heterocycles. The smallest absolute Gasteiger partial charge is 0.348 e. The summed E-state index contributed by atoms with van der Waals surface area (Å²) < 4.78 is 47.8. The largest absolute Gasteiger partial charge is 0.468 e. The van der Waals surface area contributed by atoms with E-state index in [1.807, 2.05) is 0 Å². The van der Waals surface area contributed by atoms with Crippen molar-refractivity contribution in [2.45, 2.75) is 21.3 Å². The van der Waals surface area contributed by atoms with E-state index < -0.39 is 17.6 Å². The number of hydrogen-bond acceptors (Lipinski definition) is 9. The first kappa shape index (κ1) is 30.0. The van der Waals surface area contributed by atoms with Gasteiger partial charge in [0.2, 0.25) is 0 Å². The molecular weight excluding hydrogens is 481 g/mol. The number of nitrogens with zero attached hydrogens (tertiary/aromatic N) is 2. The summed E-state index contributed by atoms with van der Waals surface area (Å²) in [4.78, 5) is 38.8. The highest BCUT2D eigenvalue weighted by molar-refractivity contribution is 7.81. The third-order valence-corrected chi connectivity index (χ3v) is 5.29. The first-order valence-electron chi connectivity index (χ1n) is 8.67. The van der Waals surface area contributed by atoms with E-state index in [9.17, 15) is 27.6 Å². The molecule has 0 radical (unpaired) electrons. The molecule has 0 saturated carbocycles. The van der Waals surface area contributed by atoms with Crippen LogP contribution in [0.3, 0.4) is 0 Å². The lowest BCUT2D eigenvalue weighted by Gasteiger charge is -1.98. The Bertz CT molecular complexity index is 1120. The van der Waals surface area contributed by atoms with Crippen molar-refractivity contribution in [3.8, 4) is 0 Å². The van der Waals surface area contributed by atoms with E-state index in [4.69, 9.17) is 0 Å². The molecule has 33 heavy (non-hydrogen) atoms. The molecular formula is C21H23F3N2O5S2. The van der Waals surface area contributed by atoms with Crippen LogP contribution in [0, 0.1) is 31.3 Å². The summed E-state index contributed by atoms with van der Waals surface area (Å²) in [6.45, 7) is 2.91. The van der Waals surface area contributed by atoms with E-state index in [1.54, 1.807) is 13.0 Å². The van der Waals surface area contributed by atoms with Gasteiger partial charge in [-0.1, -0.05) is 7.43 Å². The number of thiol groups is 1. The Morgan fingerprint density at radius 3 is 2.12 bits per heavy atom. The van der Waals surface area contributed by atoms with E-state index >= 15 is 0 Å². The highest BCUT2D eigenvalue weighted by atomic mass is 32.1. The van der Waals surface area contributed by atoms with Gasteiger partial charge in [0.05, 0.1) is 42.6 Å². The van der Waals surface area contributed by atoms with Crippen molar-refractivity contribution in [1.82, 2.24) is 9.97 Å². The molecule has 0 bridgehead atoms. The van der Waals surface area contributed by atoms with E-state index in [-0.39, 0.29) is 42.5 Å². The minimum absolute atomic E-state index is 0. The average Bonchev–Trinajstić information content (AvgIpc) is 3.25. The van der Waals surface area contributed by atoms with E-state index in [0.29, 0.717) is 20.7 Å². The standard InChI is InChI=1S/C10H8FNO2S.C7H5F2NO.C3H6O2S.CH4/c1-5-6(11)4-12-7-3-8(10(13)14-2)15-9(5)7;1-4-5(8)2-10-6(3-11)7(4)9;1-5-3(4)2-6;/h3-4H,1-2H3;2-3H,1H3;6H,2H2,1H3;1H4. The van der Waals surface area contributed by atoms with Crippen molar-refractivity contribution in [3.05, 3.63) is 57.6 Å². The van der Waals surface area contributed by atoms with Gasteiger partial charge in [-0.3, -0.25) is 14.6 Å². The topological polar surface area (TPSA) is 95.5 Å².